The number of hydrogen-bond acceptors (Lipinski definition) is 2. The third-order valence-electron chi connectivity index (χ3n) is 3.28. The van der Waals surface area contributed by atoms with Crippen molar-refractivity contribution in [2.24, 2.45) is 0 Å². The molecule has 2 fully saturated rings. The minimum absolute atomic E-state index is 0.288. The summed E-state index contributed by atoms with van der Waals surface area (Å²) >= 11 is 0. The first kappa shape index (κ1) is 10.4. The average Bonchev–Trinajstić information content (AvgIpc) is 2.56. The summed E-state index contributed by atoms with van der Waals surface area (Å²) in [5.74, 6) is 0. The maximum Gasteiger partial charge on any atom is 0.0928 e. The highest BCUT2D eigenvalue weighted by Gasteiger charge is 2.23. The Morgan fingerprint density at radius 2 is 2.00 bits per heavy atom. The zero-order chi connectivity index (χ0) is 9.80. The molecule has 0 aromatic rings. The van der Waals surface area contributed by atoms with Crippen LogP contribution in [0.2, 0.25) is 0 Å². The number of nitrogens with zero attached hydrogens (tertiary/aromatic N) is 1. The van der Waals surface area contributed by atoms with Crippen LogP contribution in [0, 0.1) is 0 Å². The molecular formula is C11H20N2O. The molecule has 2 aliphatic rings. The van der Waals surface area contributed by atoms with E-state index in [2.05, 4.69) is 5.32 Å². The van der Waals surface area contributed by atoms with Crippen molar-refractivity contribution in [3.8, 4) is 0 Å². The van der Waals surface area contributed by atoms with Gasteiger partial charge in [-0.1, -0.05) is 12.8 Å². The molecule has 3 unspecified atom stereocenters. The van der Waals surface area contributed by atoms with E-state index >= 15 is 0 Å². The van der Waals surface area contributed by atoms with Gasteiger partial charge in [0, 0.05) is 12.6 Å². The third-order valence-corrected chi connectivity index (χ3v) is 3.28. The smallest absolute Gasteiger partial charge is 0.0928 e. The van der Waals surface area contributed by atoms with E-state index < -0.39 is 0 Å². The fraction of sp³-hybridized carbons (Fsp3) is 1.00. The molecule has 2 radical (unpaired) electrons. The summed E-state index contributed by atoms with van der Waals surface area (Å²) < 4.78 is 5.61. The molecule has 2 rings (SSSR count). The summed E-state index contributed by atoms with van der Waals surface area (Å²) in [4.78, 5) is 0. The van der Waals surface area contributed by atoms with Gasteiger partial charge in [-0.15, -0.1) is 5.73 Å². The van der Waals surface area contributed by atoms with E-state index in [1.54, 1.807) is 0 Å². The minimum atomic E-state index is -0.288. The lowest BCUT2D eigenvalue weighted by Gasteiger charge is -2.21. The zero-order valence-corrected chi connectivity index (χ0v) is 8.74. The summed E-state index contributed by atoms with van der Waals surface area (Å²) in [5, 5.41) is 3.28. The van der Waals surface area contributed by atoms with Crippen LogP contribution in [0.3, 0.4) is 0 Å². The lowest BCUT2D eigenvalue weighted by atomic mass is 10.0. The van der Waals surface area contributed by atoms with Crippen molar-refractivity contribution in [1.82, 2.24) is 11.1 Å². The van der Waals surface area contributed by atoms with E-state index in [0.29, 0.717) is 12.1 Å². The summed E-state index contributed by atoms with van der Waals surface area (Å²) in [6.45, 7) is 0.930. The highest BCUT2D eigenvalue weighted by Crippen LogP contribution is 2.21. The van der Waals surface area contributed by atoms with Crippen LogP contribution in [0.15, 0.2) is 0 Å². The quantitative estimate of drug-likeness (QED) is 0.727. The molecule has 3 atom stereocenters. The van der Waals surface area contributed by atoms with E-state index in [9.17, 15) is 5.73 Å². The van der Waals surface area contributed by atoms with Crippen molar-refractivity contribution >= 4 is 0 Å². The standard InChI is InChI=1S/C11H20N2O/c12-11-6-2-1-4-9(13-11)8-10-5-3-7-14-10/h9-11,13H,1-8H2. The second-order valence-electron chi connectivity index (χ2n) is 4.53. The van der Waals surface area contributed by atoms with Crippen molar-refractivity contribution in [3.05, 3.63) is 0 Å². The molecule has 0 spiro atoms. The van der Waals surface area contributed by atoms with E-state index in [0.717, 1.165) is 25.9 Å². The molecule has 3 heteroatoms. The first-order valence-corrected chi connectivity index (χ1v) is 5.90. The Labute approximate surface area is 86.4 Å². The van der Waals surface area contributed by atoms with Crippen molar-refractivity contribution in [2.75, 3.05) is 6.61 Å². The van der Waals surface area contributed by atoms with Crippen molar-refractivity contribution in [1.29, 1.82) is 0 Å². The summed E-state index contributed by atoms with van der Waals surface area (Å²) in [6.07, 6.45) is 8.13. The molecule has 0 aromatic heterocycles. The van der Waals surface area contributed by atoms with Crippen molar-refractivity contribution < 1.29 is 4.74 Å². The molecule has 0 bridgehead atoms. The first-order valence-electron chi connectivity index (χ1n) is 5.90. The number of nitrogens with one attached hydrogen (secondary N) is 1. The maximum atomic E-state index is 9.58. The van der Waals surface area contributed by atoms with Crippen molar-refractivity contribution in [2.45, 2.75) is 63.3 Å². The molecule has 0 aromatic carbocycles. The Morgan fingerprint density at radius 1 is 1.14 bits per heavy atom. The second-order valence-corrected chi connectivity index (χ2v) is 4.53. The summed E-state index contributed by atoms with van der Waals surface area (Å²) in [7, 11) is 0. The summed E-state index contributed by atoms with van der Waals surface area (Å²) in [5.41, 5.74) is 9.58. The van der Waals surface area contributed by atoms with E-state index in [4.69, 9.17) is 4.74 Å². The minimum Gasteiger partial charge on any atom is -0.378 e. The number of hydrogen-bond donors (Lipinski definition) is 1. The predicted octanol–water partition coefficient (Wildman–Crippen LogP) is 1.48. The van der Waals surface area contributed by atoms with E-state index in [1.807, 2.05) is 0 Å². The van der Waals surface area contributed by atoms with Crippen LogP contribution in [0.1, 0.15) is 44.9 Å². The van der Waals surface area contributed by atoms with Gasteiger partial charge >= 0.3 is 0 Å². The highest BCUT2D eigenvalue weighted by atomic mass is 16.5. The molecule has 0 aliphatic carbocycles. The SMILES string of the molecule is [N]C1CCCCC(CC2CCCO2)N1. The van der Waals surface area contributed by atoms with Gasteiger partial charge in [0.1, 0.15) is 0 Å². The van der Waals surface area contributed by atoms with Crippen LogP contribution >= 0.6 is 0 Å². The largest absolute Gasteiger partial charge is 0.378 e. The molecule has 14 heavy (non-hydrogen) atoms. The molecule has 2 heterocycles. The Morgan fingerprint density at radius 3 is 2.79 bits per heavy atom. The molecule has 3 nitrogen and oxygen atoms in total. The van der Waals surface area contributed by atoms with Gasteiger partial charge in [-0.3, -0.25) is 5.32 Å². The number of ether oxygens (including phenoxy) is 1. The number of rotatable bonds is 2. The van der Waals surface area contributed by atoms with Crippen molar-refractivity contribution in [3.63, 3.8) is 0 Å². The average molecular weight is 196 g/mol. The molecule has 2 saturated heterocycles. The predicted molar refractivity (Wildman–Crippen MR) is 54.9 cm³/mol. The molecule has 0 saturated carbocycles. The molecular weight excluding hydrogens is 176 g/mol. The Balaban J connectivity index is 1.77. The Bertz CT molecular complexity index is 169. The Kier molecular flexibility index (Phi) is 3.79. The highest BCUT2D eigenvalue weighted by molar-refractivity contribution is 4.79. The van der Waals surface area contributed by atoms with Crippen LogP contribution < -0.4 is 11.1 Å². The van der Waals surface area contributed by atoms with Gasteiger partial charge < -0.3 is 4.74 Å². The van der Waals surface area contributed by atoms with Gasteiger partial charge in [0.05, 0.1) is 12.3 Å². The lowest BCUT2D eigenvalue weighted by molar-refractivity contribution is 0.0928. The van der Waals surface area contributed by atoms with E-state index in [-0.39, 0.29) is 6.17 Å². The summed E-state index contributed by atoms with van der Waals surface area (Å²) in [6, 6.07) is 0.468. The van der Waals surface area contributed by atoms with Crippen LogP contribution in [-0.2, 0) is 4.74 Å². The normalized spacial score (nSPS) is 39.6. The molecule has 2 aliphatic heterocycles. The lowest BCUT2D eigenvalue weighted by Crippen LogP contribution is -2.39. The van der Waals surface area contributed by atoms with Crippen LogP contribution in [0.5, 0.6) is 0 Å². The van der Waals surface area contributed by atoms with Gasteiger partial charge in [-0.05, 0) is 32.1 Å². The third kappa shape index (κ3) is 2.94. The Hall–Kier alpha value is -0.120. The first-order chi connectivity index (χ1) is 6.84. The van der Waals surface area contributed by atoms with Gasteiger partial charge in [-0.25, -0.2) is 0 Å². The molecule has 0 amide bonds. The van der Waals surface area contributed by atoms with Crippen LogP contribution in [0.25, 0.3) is 0 Å². The monoisotopic (exact) mass is 196 g/mol. The second kappa shape index (κ2) is 5.10. The fourth-order valence-corrected chi connectivity index (χ4v) is 2.50. The topological polar surface area (TPSA) is 43.6 Å². The maximum absolute atomic E-state index is 9.58. The van der Waals surface area contributed by atoms with E-state index in [1.165, 1.54) is 25.7 Å². The molecule has 80 valence electrons. The molecule has 1 N–H and O–H groups in total. The van der Waals surface area contributed by atoms with Gasteiger partial charge in [-0.2, -0.15) is 0 Å². The van der Waals surface area contributed by atoms with Crippen LogP contribution in [0.4, 0.5) is 0 Å². The van der Waals surface area contributed by atoms with Gasteiger partial charge in [0.2, 0.25) is 0 Å². The van der Waals surface area contributed by atoms with Crippen LogP contribution in [-0.4, -0.2) is 24.9 Å². The van der Waals surface area contributed by atoms with Gasteiger partial charge in [0.25, 0.3) is 0 Å². The van der Waals surface area contributed by atoms with Gasteiger partial charge in [0.15, 0.2) is 0 Å². The zero-order valence-electron chi connectivity index (χ0n) is 8.74. The fourth-order valence-electron chi connectivity index (χ4n) is 2.50.